The maximum atomic E-state index is 13.5. The summed E-state index contributed by atoms with van der Waals surface area (Å²) in [5.74, 6) is 0.149. The number of halogens is 4. The fraction of sp³-hybridized carbons (Fsp3) is 0.526. The topological polar surface area (TPSA) is 32.5 Å². The maximum absolute atomic E-state index is 13.5. The van der Waals surface area contributed by atoms with Crippen LogP contribution in [0.2, 0.25) is 0 Å². The maximum Gasteiger partial charge on any atom is 0.416 e. The number of aryl methyl sites for hydroxylation is 2. The van der Waals surface area contributed by atoms with E-state index in [4.69, 9.17) is 4.52 Å². The van der Waals surface area contributed by atoms with Gasteiger partial charge in [-0.2, -0.15) is 13.2 Å². The lowest BCUT2D eigenvalue weighted by molar-refractivity contribution is -0.138. The number of alkyl halides is 3. The Morgan fingerprint density at radius 2 is 1.70 bits per heavy atom. The van der Waals surface area contributed by atoms with E-state index in [1.54, 1.807) is 0 Å². The van der Waals surface area contributed by atoms with E-state index >= 15 is 0 Å². The Labute approximate surface area is 155 Å². The van der Waals surface area contributed by atoms with Crippen molar-refractivity contribution in [3.63, 3.8) is 0 Å². The zero-order chi connectivity index (χ0) is 19.6. The number of rotatable bonds is 4. The smallest absolute Gasteiger partial charge is 0.361 e. The number of hydrogen-bond acceptors (Lipinski definition) is 4. The third kappa shape index (κ3) is 4.87. The van der Waals surface area contributed by atoms with Crippen molar-refractivity contribution >= 4 is 0 Å². The molecular formula is C19H23F4N3O. The molecule has 0 spiro atoms. The van der Waals surface area contributed by atoms with Crippen LogP contribution < -0.4 is 0 Å². The summed E-state index contributed by atoms with van der Waals surface area (Å²) < 4.78 is 58.3. The molecule has 1 aliphatic heterocycles. The Hall–Kier alpha value is -1.93. The molecule has 0 N–H and O–H groups in total. The van der Waals surface area contributed by atoms with Crippen LogP contribution in [0.3, 0.4) is 0 Å². The molecule has 1 aromatic carbocycles. The second kappa shape index (κ2) is 7.98. The molecule has 0 radical (unpaired) electrons. The average molecular weight is 385 g/mol. The van der Waals surface area contributed by atoms with Crippen LogP contribution in [0.1, 0.15) is 34.6 Å². The molecule has 0 amide bonds. The molecule has 0 unspecified atom stereocenters. The second-order valence-electron chi connectivity index (χ2n) is 7.01. The quantitative estimate of drug-likeness (QED) is 0.740. The highest BCUT2D eigenvalue weighted by molar-refractivity contribution is 5.30. The minimum absolute atomic E-state index is 0.0123. The molecule has 8 heteroatoms. The van der Waals surface area contributed by atoms with Crippen molar-refractivity contribution in [3.05, 3.63) is 52.2 Å². The molecule has 0 bridgehead atoms. The van der Waals surface area contributed by atoms with Crippen molar-refractivity contribution < 1.29 is 22.1 Å². The highest BCUT2D eigenvalue weighted by Crippen LogP contribution is 2.33. The van der Waals surface area contributed by atoms with Crippen molar-refractivity contribution in [1.29, 1.82) is 0 Å². The standard InChI is InChI=1S/C19H23F4N3O/c1-13-17(14(2)27-24-13)12-26-7-3-6-25(8-9-26)11-15-10-16(20)4-5-18(15)19(21,22)23/h4-5,10H,3,6-9,11-12H2,1-2H3. The van der Waals surface area contributed by atoms with Gasteiger partial charge < -0.3 is 4.52 Å². The fourth-order valence-electron chi connectivity index (χ4n) is 3.50. The lowest BCUT2D eigenvalue weighted by Crippen LogP contribution is -2.31. The van der Waals surface area contributed by atoms with E-state index in [-0.39, 0.29) is 12.1 Å². The van der Waals surface area contributed by atoms with Crippen LogP contribution in [-0.2, 0) is 19.3 Å². The van der Waals surface area contributed by atoms with Gasteiger partial charge in [0.25, 0.3) is 0 Å². The molecule has 1 aromatic heterocycles. The number of nitrogens with zero attached hydrogens (tertiary/aromatic N) is 3. The fourth-order valence-corrected chi connectivity index (χ4v) is 3.50. The summed E-state index contributed by atoms with van der Waals surface area (Å²) in [5, 5.41) is 3.96. The van der Waals surface area contributed by atoms with Gasteiger partial charge in [-0.25, -0.2) is 4.39 Å². The number of hydrogen-bond donors (Lipinski definition) is 0. The van der Waals surface area contributed by atoms with E-state index in [0.717, 1.165) is 54.7 Å². The zero-order valence-electron chi connectivity index (χ0n) is 15.4. The SMILES string of the molecule is Cc1noc(C)c1CN1CCCN(Cc2cc(F)ccc2C(F)(F)F)CC1. The van der Waals surface area contributed by atoms with Crippen molar-refractivity contribution in [2.75, 3.05) is 26.2 Å². The van der Waals surface area contributed by atoms with Gasteiger partial charge in [0.15, 0.2) is 0 Å². The summed E-state index contributed by atoms with van der Waals surface area (Å²) in [5.41, 5.74) is 1.15. The molecule has 1 fully saturated rings. The van der Waals surface area contributed by atoms with Gasteiger partial charge in [0.05, 0.1) is 11.3 Å². The van der Waals surface area contributed by atoms with Crippen molar-refractivity contribution in [1.82, 2.24) is 15.0 Å². The van der Waals surface area contributed by atoms with E-state index < -0.39 is 17.6 Å². The van der Waals surface area contributed by atoms with Crippen LogP contribution in [-0.4, -0.2) is 41.1 Å². The van der Waals surface area contributed by atoms with E-state index in [1.807, 2.05) is 18.7 Å². The number of benzene rings is 1. The van der Waals surface area contributed by atoms with Crippen LogP contribution in [0.25, 0.3) is 0 Å². The van der Waals surface area contributed by atoms with Crippen molar-refractivity contribution in [2.24, 2.45) is 0 Å². The summed E-state index contributed by atoms with van der Waals surface area (Å²) in [6, 6.07) is 2.68. The Morgan fingerprint density at radius 1 is 1.04 bits per heavy atom. The highest BCUT2D eigenvalue weighted by atomic mass is 19.4. The van der Waals surface area contributed by atoms with Gasteiger partial charge in [-0.05, 0) is 57.1 Å². The first-order chi connectivity index (χ1) is 12.7. The molecule has 3 rings (SSSR count). The first-order valence-electron chi connectivity index (χ1n) is 8.96. The molecule has 2 heterocycles. The van der Waals surface area contributed by atoms with E-state index in [0.29, 0.717) is 19.6 Å². The zero-order valence-corrected chi connectivity index (χ0v) is 15.4. The van der Waals surface area contributed by atoms with Crippen molar-refractivity contribution in [3.8, 4) is 0 Å². The van der Waals surface area contributed by atoms with Gasteiger partial charge in [-0.1, -0.05) is 5.16 Å². The Bertz CT molecular complexity index is 768. The van der Waals surface area contributed by atoms with E-state index in [2.05, 4.69) is 10.1 Å². The summed E-state index contributed by atoms with van der Waals surface area (Å²) in [6.45, 7) is 7.44. The van der Waals surface area contributed by atoms with Crippen LogP contribution in [0.4, 0.5) is 17.6 Å². The summed E-state index contributed by atoms with van der Waals surface area (Å²) >= 11 is 0. The molecular weight excluding hydrogens is 362 g/mol. The van der Waals surface area contributed by atoms with Gasteiger partial charge >= 0.3 is 6.18 Å². The highest BCUT2D eigenvalue weighted by Gasteiger charge is 2.34. The normalized spacial score (nSPS) is 17.3. The summed E-state index contributed by atoms with van der Waals surface area (Å²) in [6.07, 6.45) is -3.65. The molecule has 1 saturated heterocycles. The predicted molar refractivity (Wildman–Crippen MR) is 92.6 cm³/mol. The largest absolute Gasteiger partial charge is 0.416 e. The van der Waals surface area contributed by atoms with E-state index in [9.17, 15) is 17.6 Å². The van der Waals surface area contributed by atoms with Crippen LogP contribution in [0, 0.1) is 19.7 Å². The third-order valence-electron chi connectivity index (χ3n) is 5.01. The molecule has 0 saturated carbocycles. The summed E-state index contributed by atoms with van der Waals surface area (Å²) in [4.78, 5) is 4.21. The first-order valence-corrected chi connectivity index (χ1v) is 8.96. The molecule has 2 aromatic rings. The van der Waals surface area contributed by atoms with E-state index in [1.165, 1.54) is 0 Å². The monoisotopic (exact) mass is 385 g/mol. The van der Waals surface area contributed by atoms with Crippen LogP contribution in [0.5, 0.6) is 0 Å². The summed E-state index contributed by atoms with van der Waals surface area (Å²) in [7, 11) is 0. The molecule has 4 nitrogen and oxygen atoms in total. The van der Waals surface area contributed by atoms with Gasteiger partial charge in [-0.15, -0.1) is 0 Å². The Morgan fingerprint density at radius 3 is 2.30 bits per heavy atom. The van der Waals surface area contributed by atoms with Gasteiger partial charge in [0.2, 0.25) is 0 Å². The molecule has 1 aliphatic rings. The van der Waals surface area contributed by atoms with Crippen LogP contribution in [0.15, 0.2) is 22.7 Å². The minimum atomic E-state index is -4.48. The number of aromatic nitrogens is 1. The third-order valence-corrected chi connectivity index (χ3v) is 5.01. The average Bonchev–Trinajstić information content (AvgIpc) is 2.78. The molecule has 27 heavy (non-hydrogen) atoms. The van der Waals surface area contributed by atoms with Crippen molar-refractivity contribution in [2.45, 2.75) is 39.5 Å². The Kier molecular flexibility index (Phi) is 5.86. The lowest BCUT2D eigenvalue weighted by Gasteiger charge is -2.23. The first kappa shape index (κ1) is 19.8. The van der Waals surface area contributed by atoms with Gasteiger partial charge in [0.1, 0.15) is 11.6 Å². The molecule has 0 aliphatic carbocycles. The Balaban J connectivity index is 1.66. The molecule has 148 valence electrons. The molecule has 0 atom stereocenters. The minimum Gasteiger partial charge on any atom is -0.361 e. The van der Waals surface area contributed by atoms with Gasteiger partial charge in [-0.3, -0.25) is 9.80 Å². The predicted octanol–water partition coefficient (Wildman–Crippen LogP) is 4.16. The van der Waals surface area contributed by atoms with Crippen LogP contribution >= 0.6 is 0 Å². The van der Waals surface area contributed by atoms with Gasteiger partial charge in [0, 0.05) is 31.7 Å². The second-order valence-corrected chi connectivity index (χ2v) is 7.01. The lowest BCUT2D eigenvalue weighted by atomic mass is 10.1.